The van der Waals surface area contributed by atoms with Crippen molar-refractivity contribution in [2.75, 3.05) is 25.0 Å². The molecule has 0 aromatic heterocycles. The van der Waals surface area contributed by atoms with Crippen LogP contribution in [0.4, 0.5) is 10.5 Å². The molecule has 4 amide bonds. The summed E-state index contributed by atoms with van der Waals surface area (Å²) < 4.78 is 0. The molecule has 2 saturated heterocycles. The Balaban J connectivity index is 1.59. The second-order valence-corrected chi connectivity index (χ2v) is 7.85. The number of hydrogen-bond donors (Lipinski definition) is 2. The SMILES string of the molecule is Cc1cccc(NC(=O)NC2CCCCN(CC(=O)N3CCCC3C)C2=O)c1. The summed E-state index contributed by atoms with van der Waals surface area (Å²) in [6.45, 7) is 5.43. The van der Waals surface area contributed by atoms with E-state index in [9.17, 15) is 14.4 Å². The second kappa shape index (κ2) is 9.08. The van der Waals surface area contributed by atoms with Crippen LogP contribution >= 0.6 is 0 Å². The van der Waals surface area contributed by atoms with Crippen LogP contribution in [0.15, 0.2) is 24.3 Å². The zero-order chi connectivity index (χ0) is 20.1. The highest BCUT2D eigenvalue weighted by Crippen LogP contribution is 2.18. The van der Waals surface area contributed by atoms with Gasteiger partial charge in [0, 0.05) is 24.8 Å². The molecule has 152 valence electrons. The van der Waals surface area contributed by atoms with Crippen LogP contribution in [0.2, 0.25) is 0 Å². The van der Waals surface area contributed by atoms with E-state index in [1.165, 1.54) is 0 Å². The van der Waals surface area contributed by atoms with Crippen LogP contribution in [0.25, 0.3) is 0 Å². The standard InChI is InChI=1S/C21H30N4O3/c1-15-7-5-9-17(13-15)22-21(28)23-18-10-3-4-11-24(20(18)27)14-19(26)25-12-6-8-16(25)2/h5,7,9,13,16,18H,3-4,6,8,10-12,14H2,1-2H3,(H2,22,23,28). The van der Waals surface area contributed by atoms with Gasteiger partial charge in [-0.05, 0) is 63.6 Å². The molecule has 2 aliphatic heterocycles. The lowest BCUT2D eigenvalue weighted by atomic mass is 10.1. The Morgan fingerprint density at radius 1 is 1.14 bits per heavy atom. The van der Waals surface area contributed by atoms with Crippen LogP contribution in [0.1, 0.15) is 44.6 Å². The third-order valence-corrected chi connectivity index (χ3v) is 5.56. The first kappa shape index (κ1) is 20.2. The molecular formula is C21H30N4O3. The molecule has 0 saturated carbocycles. The van der Waals surface area contributed by atoms with E-state index in [-0.39, 0.29) is 24.4 Å². The van der Waals surface area contributed by atoms with Crippen LogP contribution < -0.4 is 10.6 Å². The number of anilines is 1. The van der Waals surface area contributed by atoms with E-state index in [4.69, 9.17) is 0 Å². The van der Waals surface area contributed by atoms with Crippen molar-refractivity contribution in [1.82, 2.24) is 15.1 Å². The van der Waals surface area contributed by atoms with E-state index in [0.717, 1.165) is 37.8 Å². The number of nitrogens with one attached hydrogen (secondary N) is 2. The molecule has 2 heterocycles. The summed E-state index contributed by atoms with van der Waals surface area (Å²) >= 11 is 0. The van der Waals surface area contributed by atoms with Crippen LogP contribution in [-0.2, 0) is 9.59 Å². The lowest BCUT2D eigenvalue weighted by Gasteiger charge is -2.28. The summed E-state index contributed by atoms with van der Waals surface area (Å²) in [7, 11) is 0. The Hall–Kier alpha value is -2.57. The van der Waals surface area contributed by atoms with E-state index in [1.807, 2.05) is 36.1 Å². The fourth-order valence-electron chi connectivity index (χ4n) is 4.00. The zero-order valence-corrected chi connectivity index (χ0v) is 16.7. The molecule has 1 aromatic rings. The fraction of sp³-hybridized carbons (Fsp3) is 0.571. The van der Waals surface area contributed by atoms with Gasteiger partial charge in [-0.1, -0.05) is 12.1 Å². The van der Waals surface area contributed by atoms with E-state index < -0.39 is 12.1 Å². The molecule has 28 heavy (non-hydrogen) atoms. The Kier molecular flexibility index (Phi) is 6.54. The number of rotatable bonds is 4. The van der Waals surface area contributed by atoms with Crippen molar-refractivity contribution in [1.29, 1.82) is 0 Å². The van der Waals surface area contributed by atoms with E-state index >= 15 is 0 Å². The van der Waals surface area contributed by atoms with Gasteiger partial charge in [0.25, 0.3) is 0 Å². The molecule has 2 aliphatic rings. The van der Waals surface area contributed by atoms with Gasteiger partial charge in [-0.15, -0.1) is 0 Å². The number of carbonyl (C=O) groups excluding carboxylic acids is 3. The Morgan fingerprint density at radius 3 is 2.68 bits per heavy atom. The Morgan fingerprint density at radius 2 is 1.96 bits per heavy atom. The first-order valence-corrected chi connectivity index (χ1v) is 10.2. The maximum absolute atomic E-state index is 12.9. The van der Waals surface area contributed by atoms with Crippen molar-refractivity contribution in [2.45, 2.75) is 58.0 Å². The molecule has 2 unspecified atom stereocenters. The number of aryl methyl sites for hydroxylation is 1. The first-order valence-electron chi connectivity index (χ1n) is 10.2. The maximum atomic E-state index is 12.9. The number of urea groups is 1. The summed E-state index contributed by atoms with van der Waals surface area (Å²) in [6, 6.07) is 6.74. The monoisotopic (exact) mass is 386 g/mol. The van der Waals surface area contributed by atoms with Crippen molar-refractivity contribution in [3.05, 3.63) is 29.8 Å². The minimum absolute atomic E-state index is 0.00297. The highest BCUT2D eigenvalue weighted by atomic mass is 16.2. The highest BCUT2D eigenvalue weighted by molar-refractivity contribution is 5.95. The molecule has 0 spiro atoms. The minimum Gasteiger partial charge on any atom is -0.338 e. The second-order valence-electron chi connectivity index (χ2n) is 7.85. The molecule has 1 aromatic carbocycles. The number of carbonyl (C=O) groups is 3. The molecule has 0 bridgehead atoms. The van der Waals surface area contributed by atoms with Crippen LogP contribution in [0, 0.1) is 6.92 Å². The minimum atomic E-state index is -0.601. The van der Waals surface area contributed by atoms with Crippen LogP contribution in [0.5, 0.6) is 0 Å². The molecule has 0 radical (unpaired) electrons. The summed E-state index contributed by atoms with van der Waals surface area (Å²) in [5, 5.41) is 5.57. The molecule has 7 nitrogen and oxygen atoms in total. The summed E-state index contributed by atoms with van der Waals surface area (Å²) in [4.78, 5) is 41.4. The molecule has 3 rings (SSSR count). The maximum Gasteiger partial charge on any atom is 0.319 e. The zero-order valence-electron chi connectivity index (χ0n) is 16.7. The topological polar surface area (TPSA) is 81.8 Å². The molecule has 2 atom stereocenters. The van der Waals surface area contributed by atoms with Crippen molar-refractivity contribution in [2.24, 2.45) is 0 Å². The number of benzene rings is 1. The molecule has 2 N–H and O–H groups in total. The van der Waals surface area contributed by atoms with Gasteiger partial charge < -0.3 is 20.4 Å². The van der Waals surface area contributed by atoms with E-state index in [1.54, 1.807) is 4.90 Å². The number of likely N-dealkylation sites (tertiary alicyclic amines) is 2. The lowest BCUT2D eigenvalue weighted by Crippen LogP contribution is -2.51. The number of amides is 4. The third kappa shape index (κ3) is 5.03. The van der Waals surface area contributed by atoms with Gasteiger partial charge in [-0.25, -0.2) is 4.79 Å². The molecule has 0 aliphatic carbocycles. The summed E-state index contributed by atoms with van der Waals surface area (Å²) in [5.74, 6) is -0.166. The van der Waals surface area contributed by atoms with E-state index in [2.05, 4.69) is 17.6 Å². The third-order valence-electron chi connectivity index (χ3n) is 5.56. The predicted molar refractivity (Wildman–Crippen MR) is 108 cm³/mol. The van der Waals surface area contributed by atoms with Gasteiger partial charge in [0.1, 0.15) is 6.04 Å². The fourth-order valence-corrected chi connectivity index (χ4v) is 4.00. The first-order chi connectivity index (χ1) is 13.4. The van der Waals surface area contributed by atoms with Crippen molar-refractivity contribution in [3.8, 4) is 0 Å². The molecular weight excluding hydrogens is 356 g/mol. The number of nitrogens with zero attached hydrogens (tertiary/aromatic N) is 2. The van der Waals surface area contributed by atoms with Crippen LogP contribution in [-0.4, -0.2) is 59.4 Å². The van der Waals surface area contributed by atoms with Crippen molar-refractivity contribution < 1.29 is 14.4 Å². The van der Waals surface area contributed by atoms with Crippen LogP contribution in [0.3, 0.4) is 0 Å². The molecule has 7 heteroatoms. The van der Waals surface area contributed by atoms with Crippen molar-refractivity contribution in [3.63, 3.8) is 0 Å². The van der Waals surface area contributed by atoms with Gasteiger partial charge in [-0.3, -0.25) is 9.59 Å². The van der Waals surface area contributed by atoms with E-state index in [0.29, 0.717) is 18.7 Å². The highest BCUT2D eigenvalue weighted by Gasteiger charge is 2.32. The summed E-state index contributed by atoms with van der Waals surface area (Å²) in [5.41, 5.74) is 1.73. The average molecular weight is 386 g/mol. The number of hydrogen-bond acceptors (Lipinski definition) is 3. The van der Waals surface area contributed by atoms with Crippen molar-refractivity contribution >= 4 is 23.5 Å². The lowest BCUT2D eigenvalue weighted by molar-refractivity contribution is -0.141. The average Bonchev–Trinajstić information content (AvgIpc) is 3.01. The Bertz CT molecular complexity index is 736. The van der Waals surface area contributed by atoms with Gasteiger partial charge in [0.15, 0.2) is 0 Å². The van der Waals surface area contributed by atoms with Gasteiger partial charge in [0.05, 0.1) is 6.54 Å². The normalized spacial score (nSPS) is 22.7. The quantitative estimate of drug-likeness (QED) is 0.834. The van der Waals surface area contributed by atoms with Gasteiger partial charge >= 0.3 is 6.03 Å². The molecule has 2 fully saturated rings. The largest absolute Gasteiger partial charge is 0.338 e. The summed E-state index contributed by atoms with van der Waals surface area (Å²) in [6.07, 6.45) is 4.30. The van der Waals surface area contributed by atoms with Gasteiger partial charge in [-0.2, -0.15) is 0 Å². The predicted octanol–water partition coefficient (Wildman–Crippen LogP) is 2.51. The Labute approximate surface area is 166 Å². The van der Waals surface area contributed by atoms with Gasteiger partial charge in [0.2, 0.25) is 11.8 Å². The smallest absolute Gasteiger partial charge is 0.319 e.